The molecule has 4 rings (SSSR count). The van der Waals surface area contributed by atoms with Crippen molar-refractivity contribution in [1.29, 1.82) is 5.26 Å². The average Bonchev–Trinajstić information content (AvgIpc) is 3.30. The van der Waals surface area contributed by atoms with E-state index in [0.717, 1.165) is 10.7 Å². The minimum absolute atomic E-state index is 0.112. The van der Waals surface area contributed by atoms with E-state index >= 15 is 0 Å². The van der Waals surface area contributed by atoms with E-state index in [-0.39, 0.29) is 37.8 Å². The van der Waals surface area contributed by atoms with Crippen LogP contribution in [0.25, 0.3) is 0 Å². The van der Waals surface area contributed by atoms with Crippen molar-refractivity contribution in [2.24, 2.45) is 0 Å². The Labute approximate surface area is 197 Å². The van der Waals surface area contributed by atoms with E-state index in [1.54, 1.807) is 19.2 Å². The second-order valence-electron chi connectivity index (χ2n) is 6.69. The number of nitriles is 1. The van der Waals surface area contributed by atoms with E-state index in [1.165, 1.54) is 0 Å². The van der Waals surface area contributed by atoms with Gasteiger partial charge in [0, 0.05) is 5.69 Å². The molecule has 0 saturated carbocycles. The molecule has 0 aliphatic carbocycles. The lowest BCUT2D eigenvalue weighted by molar-refractivity contribution is 0.0590. The highest BCUT2D eigenvalue weighted by atomic mass is 35.5. The van der Waals surface area contributed by atoms with Gasteiger partial charge in [-0.05, 0) is 24.3 Å². The Bertz CT molecular complexity index is 1160. The van der Waals surface area contributed by atoms with Crippen LogP contribution in [0.5, 0.6) is 5.75 Å². The summed E-state index contributed by atoms with van der Waals surface area (Å²) >= 11 is 24.4. The Balaban J connectivity index is 1.62. The summed E-state index contributed by atoms with van der Waals surface area (Å²) in [6.07, 6.45) is 0. The summed E-state index contributed by atoms with van der Waals surface area (Å²) in [6.45, 7) is 0.569. The van der Waals surface area contributed by atoms with E-state index in [2.05, 4.69) is 11.5 Å². The molecule has 2 heterocycles. The van der Waals surface area contributed by atoms with Gasteiger partial charge in [0.1, 0.15) is 5.75 Å². The lowest BCUT2D eigenvalue weighted by atomic mass is 10.1. The summed E-state index contributed by atoms with van der Waals surface area (Å²) in [6, 6.07) is 9.41. The summed E-state index contributed by atoms with van der Waals surface area (Å²) < 4.78 is 5.16. The molecule has 0 unspecified atom stereocenters. The lowest BCUT2D eigenvalue weighted by Gasteiger charge is -2.21. The minimum atomic E-state index is -0.738. The van der Waals surface area contributed by atoms with Gasteiger partial charge in [-0.1, -0.05) is 46.4 Å². The molecular weight excluding hydrogens is 486 g/mol. The van der Waals surface area contributed by atoms with E-state index in [1.807, 2.05) is 17.0 Å². The van der Waals surface area contributed by atoms with Crippen molar-refractivity contribution in [2.45, 2.75) is 0 Å². The normalized spacial score (nSPS) is 15.5. The zero-order valence-electron chi connectivity index (χ0n) is 15.8. The molecule has 11 heteroatoms. The Morgan fingerprint density at radius 2 is 1.48 bits per heavy atom. The third-order valence-electron chi connectivity index (χ3n) is 4.98. The molecular formula is C20H12Cl4N4O3. The number of nitrogens with zero attached hydrogens (tertiary/aromatic N) is 3. The fourth-order valence-electron chi connectivity index (χ4n) is 3.40. The number of fused-ring (bicyclic) bond motifs is 1. The van der Waals surface area contributed by atoms with Crippen molar-refractivity contribution in [3.05, 3.63) is 66.8 Å². The first-order chi connectivity index (χ1) is 14.8. The fraction of sp³-hybridized carbons (Fsp3) is 0.150. The van der Waals surface area contributed by atoms with Crippen molar-refractivity contribution < 1.29 is 14.3 Å². The van der Waals surface area contributed by atoms with Crippen molar-refractivity contribution in [3.8, 4) is 11.8 Å². The van der Waals surface area contributed by atoms with Gasteiger partial charge < -0.3 is 9.64 Å². The first-order valence-electron chi connectivity index (χ1n) is 8.81. The van der Waals surface area contributed by atoms with Gasteiger partial charge in [-0.15, -0.1) is 0 Å². The van der Waals surface area contributed by atoms with Gasteiger partial charge in [-0.2, -0.15) is 10.3 Å². The number of carbonyl (C=O) groups excluding carboxylic acids is 2. The van der Waals surface area contributed by atoms with Gasteiger partial charge in [0.2, 0.25) is 0 Å². The second kappa shape index (κ2) is 8.13. The summed E-state index contributed by atoms with van der Waals surface area (Å²) in [5, 5.41) is 9.79. The predicted molar refractivity (Wildman–Crippen MR) is 118 cm³/mol. The van der Waals surface area contributed by atoms with E-state index in [4.69, 9.17) is 51.1 Å². The monoisotopic (exact) mass is 496 g/mol. The number of carbonyl (C=O) groups is 2. The number of hydrogen-bond acceptors (Lipinski definition) is 6. The smallest absolute Gasteiger partial charge is 0.282 e. The average molecular weight is 498 g/mol. The van der Waals surface area contributed by atoms with Gasteiger partial charge in [0.25, 0.3) is 11.8 Å². The number of methoxy groups -OCH3 is 1. The maximum absolute atomic E-state index is 12.9. The highest BCUT2D eigenvalue weighted by Crippen LogP contribution is 2.44. The number of ether oxygens (including phenoxy) is 1. The van der Waals surface area contributed by atoms with Crippen LogP contribution < -0.4 is 15.1 Å². The number of hydrogen-bond donors (Lipinski definition) is 1. The quantitative estimate of drug-likeness (QED) is 0.374. The maximum atomic E-state index is 12.9. The van der Waals surface area contributed by atoms with Gasteiger partial charge in [-0.3, -0.25) is 15.0 Å². The molecule has 2 aliphatic heterocycles. The van der Waals surface area contributed by atoms with Crippen LogP contribution in [-0.2, 0) is 0 Å². The number of hydrazine groups is 1. The van der Waals surface area contributed by atoms with Crippen molar-refractivity contribution in [2.75, 3.05) is 25.1 Å². The first kappa shape index (κ1) is 21.6. The molecule has 0 aromatic heterocycles. The first-order valence-corrected chi connectivity index (χ1v) is 10.3. The molecule has 0 radical (unpaired) electrons. The summed E-state index contributed by atoms with van der Waals surface area (Å²) in [4.78, 5) is 27.7. The molecule has 2 amide bonds. The highest BCUT2D eigenvalue weighted by Gasteiger charge is 2.43. The number of rotatable bonds is 4. The molecule has 2 aromatic carbocycles. The minimum Gasteiger partial charge on any atom is -0.497 e. The largest absolute Gasteiger partial charge is 0.497 e. The lowest BCUT2D eigenvalue weighted by Crippen LogP contribution is -2.43. The van der Waals surface area contributed by atoms with Crippen LogP contribution in [0.15, 0.2) is 35.5 Å². The van der Waals surface area contributed by atoms with Crippen molar-refractivity contribution in [1.82, 2.24) is 10.4 Å². The molecule has 2 aliphatic rings. The van der Waals surface area contributed by atoms with Crippen molar-refractivity contribution in [3.63, 3.8) is 0 Å². The van der Waals surface area contributed by atoms with Crippen LogP contribution in [0, 0.1) is 11.3 Å². The predicted octanol–water partition coefficient (Wildman–Crippen LogP) is 4.71. The maximum Gasteiger partial charge on any atom is 0.282 e. The van der Waals surface area contributed by atoms with Crippen LogP contribution >= 0.6 is 46.4 Å². The number of imide groups is 1. The van der Waals surface area contributed by atoms with Crippen LogP contribution in [0.2, 0.25) is 20.1 Å². The van der Waals surface area contributed by atoms with Gasteiger partial charge >= 0.3 is 0 Å². The summed E-state index contributed by atoms with van der Waals surface area (Å²) in [5.41, 5.74) is 4.11. The molecule has 0 spiro atoms. The number of nitrogens with one attached hydrogen (secondary N) is 1. The van der Waals surface area contributed by atoms with Gasteiger partial charge in [-0.25, -0.2) is 0 Å². The van der Waals surface area contributed by atoms with E-state index < -0.39 is 11.8 Å². The standard InChI is InChI=1S/C20H12Cl4N4O3/c1-31-11-4-2-10(3-5-11)27-7-9(6-25)12(8-27)26-28-19(29)13-14(20(28)30)16(22)18(24)17(23)15(13)21/h2-5,26H,7-8H2,1H3. The molecule has 158 valence electrons. The van der Waals surface area contributed by atoms with E-state index in [9.17, 15) is 14.9 Å². The number of anilines is 1. The highest BCUT2D eigenvalue weighted by molar-refractivity contribution is 6.55. The molecule has 0 fully saturated rings. The fourth-order valence-corrected chi connectivity index (χ4v) is 4.41. The zero-order chi connectivity index (χ0) is 22.4. The topological polar surface area (TPSA) is 85.7 Å². The number of halogens is 4. The van der Waals surface area contributed by atoms with Crippen molar-refractivity contribution >= 4 is 63.9 Å². The van der Waals surface area contributed by atoms with E-state index in [0.29, 0.717) is 23.6 Å². The Kier molecular flexibility index (Phi) is 5.67. The number of benzene rings is 2. The summed E-state index contributed by atoms with van der Waals surface area (Å²) in [7, 11) is 1.57. The third-order valence-corrected chi connectivity index (χ3v) is 6.78. The Hall–Kier alpha value is -2.63. The van der Waals surface area contributed by atoms with Crippen LogP contribution in [0.3, 0.4) is 0 Å². The van der Waals surface area contributed by atoms with Gasteiger partial charge in [0.15, 0.2) is 0 Å². The van der Waals surface area contributed by atoms with Gasteiger partial charge in [0.05, 0.1) is 68.8 Å². The molecule has 0 saturated heterocycles. The number of amides is 2. The Morgan fingerprint density at radius 1 is 0.935 bits per heavy atom. The SMILES string of the molecule is COc1ccc(N2CC(C#N)=C(NN3C(=O)c4c(Cl)c(Cl)c(Cl)c(Cl)c4C3=O)C2)cc1. The zero-order valence-corrected chi connectivity index (χ0v) is 18.8. The molecule has 0 bridgehead atoms. The summed E-state index contributed by atoms with van der Waals surface area (Å²) in [5.74, 6) is -0.775. The molecule has 0 atom stereocenters. The molecule has 2 aromatic rings. The molecule has 31 heavy (non-hydrogen) atoms. The second-order valence-corrected chi connectivity index (χ2v) is 8.20. The Morgan fingerprint density at radius 3 is 1.97 bits per heavy atom. The van der Waals surface area contributed by atoms with Crippen LogP contribution in [0.4, 0.5) is 5.69 Å². The molecule has 1 N–H and O–H groups in total. The molecule has 7 nitrogen and oxygen atoms in total. The third kappa shape index (κ3) is 3.46. The van der Waals surface area contributed by atoms with Crippen LogP contribution in [-0.4, -0.2) is 37.0 Å². The van der Waals surface area contributed by atoms with Crippen LogP contribution in [0.1, 0.15) is 20.7 Å².